The van der Waals surface area contributed by atoms with Crippen molar-refractivity contribution < 1.29 is 9.53 Å². The molecule has 120 valence electrons. The third-order valence-electron chi connectivity index (χ3n) is 4.19. The molecule has 1 aromatic carbocycles. The molecule has 0 radical (unpaired) electrons. The summed E-state index contributed by atoms with van der Waals surface area (Å²) in [6, 6.07) is 5.73. The van der Waals surface area contributed by atoms with E-state index in [1.807, 2.05) is 23.1 Å². The van der Waals surface area contributed by atoms with Gasteiger partial charge in [0.1, 0.15) is 12.4 Å². The normalized spacial score (nSPS) is 15.6. The third-order valence-corrected chi connectivity index (χ3v) is 4.19. The number of nitrogens with two attached hydrogens (primary N) is 1. The Morgan fingerprint density at radius 3 is 2.82 bits per heavy atom. The number of hydrogen-bond acceptors (Lipinski definition) is 3. The topological polar surface area (TPSA) is 55.6 Å². The van der Waals surface area contributed by atoms with Crippen molar-refractivity contribution in [3.05, 3.63) is 36.4 Å². The summed E-state index contributed by atoms with van der Waals surface area (Å²) in [6.07, 6.45) is 5.19. The highest BCUT2D eigenvalue weighted by molar-refractivity contribution is 5.76. The first-order valence-electron chi connectivity index (χ1n) is 8.00. The molecule has 0 aromatic heterocycles. The van der Waals surface area contributed by atoms with Gasteiger partial charge in [0.15, 0.2) is 0 Å². The van der Waals surface area contributed by atoms with Crippen LogP contribution in [-0.4, -0.2) is 30.5 Å². The van der Waals surface area contributed by atoms with E-state index >= 15 is 0 Å². The number of aryl methyl sites for hydroxylation is 1. The molecule has 1 fully saturated rings. The molecule has 1 amide bonds. The van der Waals surface area contributed by atoms with Crippen molar-refractivity contribution >= 4 is 11.6 Å². The van der Waals surface area contributed by atoms with E-state index in [0.717, 1.165) is 43.8 Å². The van der Waals surface area contributed by atoms with E-state index in [1.54, 1.807) is 6.08 Å². The predicted molar refractivity (Wildman–Crippen MR) is 89.8 cm³/mol. The van der Waals surface area contributed by atoms with Crippen molar-refractivity contribution in [2.24, 2.45) is 5.92 Å². The predicted octanol–water partition coefficient (Wildman–Crippen LogP) is 3.02. The number of hydrogen-bond donors (Lipinski definition) is 1. The van der Waals surface area contributed by atoms with Crippen molar-refractivity contribution in [2.75, 3.05) is 25.4 Å². The molecule has 0 bridgehead atoms. The summed E-state index contributed by atoms with van der Waals surface area (Å²) in [5.41, 5.74) is 7.65. The van der Waals surface area contributed by atoms with Crippen LogP contribution in [0.4, 0.5) is 5.69 Å². The Balaban J connectivity index is 1.84. The molecule has 0 unspecified atom stereocenters. The van der Waals surface area contributed by atoms with E-state index in [4.69, 9.17) is 10.5 Å². The van der Waals surface area contributed by atoms with Crippen molar-refractivity contribution in [3.63, 3.8) is 0 Å². The number of anilines is 1. The van der Waals surface area contributed by atoms with Crippen molar-refractivity contribution in [1.29, 1.82) is 0 Å². The summed E-state index contributed by atoms with van der Waals surface area (Å²) >= 11 is 0. The van der Waals surface area contributed by atoms with Gasteiger partial charge in [-0.25, -0.2) is 0 Å². The SMILES string of the molecule is C=CCOc1ccc(CCC(=O)N2CCC(C)CC2)cc1N. The van der Waals surface area contributed by atoms with Crippen LogP contribution in [0.15, 0.2) is 30.9 Å². The summed E-state index contributed by atoms with van der Waals surface area (Å²) in [6.45, 7) is 8.10. The fourth-order valence-corrected chi connectivity index (χ4v) is 2.70. The van der Waals surface area contributed by atoms with Crippen LogP contribution >= 0.6 is 0 Å². The zero-order chi connectivity index (χ0) is 15.9. The van der Waals surface area contributed by atoms with Crippen LogP contribution in [-0.2, 0) is 11.2 Å². The van der Waals surface area contributed by atoms with E-state index in [-0.39, 0.29) is 5.91 Å². The van der Waals surface area contributed by atoms with E-state index in [1.165, 1.54) is 0 Å². The minimum absolute atomic E-state index is 0.248. The molecule has 1 aliphatic rings. The maximum Gasteiger partial charge on any atom is 0.222 e. The lowest BCUT2D eigenvalue weighted by Crippen LogP contribution is -2.37. The molecular formula is C18H26N2O2. The van der Waals surface area contributed by atoms with E-state index in [0.29, 0.717) is 24.5 Å². The molecule has 2 rings (SSSR count). The first kappa shape index (κ1) is 16.4. The molecule has 22 heavy (non-hydrogen) atoms. The van der Waals surface area contributed by atoms with Gasteiger partial charge in [0.2, 0.25) is 5.91 Å². The number of carbonyl (C=O) groups excluding carboxylic acids is 1. The number of rotatable bonds is 6. The second-order valence-corrected chi connectivity index (χ2v) is 6.04. The number of benzene rings is 1. The van der Waals surface area contributed by atoms with Gasteiger partial charge in [0.05, 0.1) is 5.69 Å². The lowest BCUT2D eigenvalue weighted by atomic mass is 9.98. The molecule has 0 spiro atoms. The summed E-state index contributed by atoms with van der Waals surface area (Å²) < 4.78 is 5.45. The molecule has 1 aromatic rings. The maximum atomic E-state index is 12.2. The summed E-state index contributed by atoms with van der Waals surface area (Å²) in [5, 5.41) is 0. The van der Waals surface area contributed by atoms with Gasteiger partial charge in [0, 0.05) is 19.5 Å². The van der Waals surface area contributed by atoms with Crippen LogP contribution in [0.5, 0.6) is 5.75 Å². The van der Waals surface area contributed by atoms with Gasteiger partial charge >= 0.3 is 0 Å². The second-order valence-electron chi connectivity index (χ2n) is 6.04. The van der Waals surface area contributed by atoms with Gasteiger partial charge in [-0.05, 0) is 42.9 Å². The molecule has 1 aliphatic heterocycles. The van der Waals surface area contributed by atoms with Crippen LogP contribution in [0.2, 0.25) is 0 Å². The van der Waals surface area contributed by atoms with Crippen LogP contribution in [0, 0.1) is 5.92 Å². The van der Waals surface area contributed by atoms with Gasteiger partial charge in [-0.1, -0.05) is 25.6 Å². The molecule has 0 aliphatic carbocycles. The summed E-state index contributed by atoms with van der Waals surface area (Å²) in [5.74, 6) is 1.66. The van der Waals surface area contributed by atoms with Gasteiger partial charge in [-0.2, -0.15) is 0 Å². The van der Waals surface area contributed by atoms with E-state index < -0.39 is 0 Å². The number of likely N-dealkylation sites (tertiary alicyclic amines) is 1. The number of nitrogens with zero attached hydrogens (tertiary/aromatic N) is 1. The lowest BCUT2D eigenvalue weighted by Gasteiger charge is -2.30. The minimum atomic E-state index is 0.248. The zero-order valence-corrected chi connectivity index (χ0v) is 13.4. The van der Waals surface area contributed by atoms with E-state index in [2.05, 4.69) is 13.5 Å². The smallest absolute Gasteiger partial charge is 0.222 e. The molecule has 4 heteroatoms. The average Bonchev–Trinajstić information content (AvgIpc) is 2.52. The van der Waals surface area contributed by atoms with Crippen molar-refractivity contribution in [2.45, 2.75) is 32.6 Å². The Morgan fingerprint density at radius 2 is 2.18 bits per heavy atom. The Bertz CT molecular complexity index is 520. The molecule has 1 saturated heterocycles. The molecule has 1 heterocycles. The largest absolute Gasteiger partial charge is 0.487 e. The van der Waals surface area contributed by atoms with Gasteiger partial charge in [-0.3, -0.25) is 4.79 Å². The van der Waals surface area contributed by atoms with Gasteiger partial charge in [0.25, 0.3) is 0 Å². The molecule has 0 saturated carbocycles. The average molecular weight is 302 g/mol. The standard InChI is InChI=1S/C18H26N2O2/c1-3-12-22-17-6-4-15(13-16(17)19)5-7-18(21)20-10-8-14(2)9-11-20/h3-4,6,13-14H,1,5,7-12,19H2,2H3. The summed E-state index contributed by atoms with van der Waals surface area (Å²) in [7, 11) is 0. The first-order valence-corrected chi connectivity index (χ1v) is 8.00. The third kappa shape index (κ3) is 4.52. The van der Waals surface area contributed by atoms with Crippen LogP contribution in [0.25, 0.3) is 0 Å². The zero-order valence-electron chi connectivity index (χ0n) is 13.4. The fourth-order valence-electron chi connectivity index (χ4n) is 2.70. The molecule has 4 nitrogen and oxygen atoms in total. The number of nitrogen functional groups attached to an aromatic ring is 1. The number of ether oxygens (including phenoxy) is 1. The summed E-state index contributed by atoms with van der Waals surface area (Å²) in [4.78, 5) is 14.2. The van der Waals surface area contributed by atoms with Crippen molar-refractivity contribution in [3.8, 4) is 5.75 Å². The number of amides is 1. The highest BCUT2D eigenvalue weighted by Crippen LogP contribution is 2.23. The van der Waals surface area contributed by atoms with Gasteiger partial charge < -0.3 is 15.4 Å². The minimum Gasteiger partial charge on any atom is -0.487 e. The number of carbonyl (C=O) groups is 1. The van der Waals surface area contributed by atoms with Crippen LogP contribution in [0.1, 0.15) is 31.7 Å². The Kier molecular flexibility index (Phi) is 5.87. The van der Waals surface area contributed by atoms with Crippen LogP contribution in [0.3, 0.4) is 0 Å². The second kappa shape index (κ2) is 7.87. The van der Waals surface area contributed by atoms with Crippen molar-refractivity contribution in [1.82, 2.24) is 4.90 Å². The maximum absolute atomic E-state index is 12.2. The Hall–Kier alpha value is -1.97. The quantitative estimate of drug-likeness (QED) is 0.649. The molecule has 0 atom stereocenters. The Morgan fingerprint density at radius 1 is 1.45 bits per heavy atom. The Labute approximate surface area is 132 Å². The van der Waals surface area contributed by atoms with Crippen LogP contribution < -0.4 is 10.5 Å². The van der Waals surface area contributed by atoms with Gasteiger partial charge in [-0.15, -0.1) is 0 Å². The first-order chi connectivity index (χ1) is 10.6. The highest BCUT2D eigenvalue weighted by atomic mass is 16.5. The van der Waals surface area contributed by atoms with E-state index in [9.17, 15) is 4.79 Å². The fraction of sp³-hybridized carbons (Fsp3) is 0.500. The highest BCUT2D eigenvalue weighted by Gasteiger charge is 2.19. The lowest BCUT2D eigenvalue weighted by molar-refractivity contribution is -0.132. The monoisotopic (exact) mass is 302 g/mol. The molecule has 2 N–H and O–H groups in total. The number of piperidine rings is 1. The molecular weight excluding hydrogens is 276 g/mol.